The smallest absolute Gasteiger partial charge is 0.0563 e. The zero-order valence-electron chi connectivity index (χ0n) is 8.48. The molecular weight excluding hydrogens is 192 g/mol. The van der Waals surface area contributed by atoms with E-state index in [1.54, 1.807) is 0 Å². The molecular formula is C12H16OS. The van der Waals surface area contributed by atoms with E-state index in [9.17, 15) is 4.21 Å². The molecule has 1 unspecified atom stereocenters. The van der Waals surface area contributed by atoms with Crippen molar-refractivity contribution in [1.29, 1.82) is 0 Å². The lowest BCUT2D eigenvalue weighted by molar-refractivity contribution is 0.598. The van der Waals surface area contributed by atoms with Gasteiger partial charge in [-0.25, -0.2) is 0 Å². The maximum Gasteiger partial charge on any atom is 0.0563 e. The molecule has 1 aliphatic carbocycles. The highest BCUT2D eigenvalue weighted by atomic mass is 32.2. The quantitative estimate of drug-likeness (QED) is 0.730. The van der Waals surface area contributed by atoms with Gasteiger partial charge in [-0.05, 0) is 30.9 Å². The van der Waals surface area contributed by atoms with Crippen LogP contribution in [0.25, 0.3) is 0 Å². The molecule has 0 saturated heterocycles. The van der Waals surface area contributed by atoms with E-state index in [1.807, 2.05) is 30.3 Å². The molecule has 1 aromatic carbocycles. The standard InChI is InChI=1S/C12H16OS/c1-10-6-5-9-12(10)14(13)11-7-3-2-4-8-11/h2-4,7-8,10,12H,5-6,9H2,1H3/t10-,12-,14?/m1/s1. The summed E-state index contributed by atoms with van der Waals surface area (Å²) in [5.74, 6) is 0.621. The molecule has 2 rings (SSSR count). The van der Waals surface area contributed by atoms with Crippen LogP contribution in [0, 0.1) is 5.92 Å². The van der Waals surface area contributed by atoms with E-state index in [2.05, 4.69) is 6.92 Å². The van der Waals surface area contributed by atoms with Crippen LogP contribution >= 0.6 is 0 Å². The summed E-state index contributed by atoms with van der Waals surface area (Å²) in [6.07, 6.45) is 3.61. The Hall–Kier alpha value is -0.630. The van der Waals surface area contributed by atoms with Crippen LogP contribution in [0.3, 0.4) is 0 Å². The minimum absolute atomic E-state index is 0.386. The Labute approximate surface area is 88.0 Å². The molecule has 0 heterocycles. The van der Waals surface area contributed by atoms with Crippen molar-refractivity contribution in [3.05, 3.63) is 30.3 Å². The Morgan fingerprint density at radius 2 is 1.93 bits per heavy atom. The third kappa shape index (κ3) is 1.90. The van der Waals surface area contributed by atoms with Crippen LogP contribution in [0.1, 0.15) is 26.2 Å². The molecule has 0 radical (unpaired) electrons. The molecule has 1 aromatic rings. The van der Waals surface area contributed by atoms with Crippen LogP contribution in [-0.4, -0.2) is 9.46 Å². The first-order chi connectivity index (χ1) is 6.79. The van der Waals surface area contributed by atoms with Crippen molar-refractivity contribution >= 4 is 10.8 Å². The Morgan fingerprint density at radius 3 is 2.50 bits per heavy atom. The zero-order valence-corrected chi connectivity index (χ0v) is 9.30. The first kappa shape index (κ1) is 9.91. The summed E-state index contributed by atoms with van der Waals surface area (Å²) in [6, 6.07) is 9.85. The summed E-state index contributed by atoms with van der Waals surface area (Å²) in [5, 5.41) is 0.386. The average molecular weight is 208 g/mol. The number of hydrogen-bond donors (Lipinski definition) is 0. The van der Waals surface area contributed by atoms with Crippen molar-refractivity contribution in [1.82, 2.24) is 0 Å². The Bertz CT molecular complexity index is 320. The summed E-state index contributed by atoms with van der Waals surface area (Å²) in [5.41, 5.74) is 0. The molecule has 0 N–H and O–H groups in total. The minimum atomic E-state index is -0.789. The molecule has 3 atom stereocenters. The lowest BCUT2D eigenvalue weighted by Gasteiger charge is -2.14. The van der Waals surface area contributed by atoms with Gasteiger partial charge in [0.15, 0.2) is 0 Å². The maximum atomic E-state index is 12.2. The molecule has 0 aliphatic heterocycles. The van der Waals surface area contributed by atoms with Gasteiger partial charge in [0.1, 0.15) is 0 Å². The highest BCUT2D eigenvalue weighted by Gasteiger charge is 2.29. The van der Waals surface area contributed by atoms with Crippen LogP contribution in [0.4, 0.5) is 0 Å². The van der Waals surface area contributed by atoms with Crippen LogP contribution < -0.4 is 0 Å². The molecule has 1 aliphatic rings. The molecule has 1 fully saturated rings. The van der Waals surface area contributed by atoms with Crippen molar-refractivity contribution in [3.63, 3.8) is 0 Å². The van der Waals surface area contributed by atoms with Crippen LogP contribution in [0.15, 0.2) is 35.2 Å². The predicted molar refractivity (Wildman–Crippen MR) is 59.7 cm³/mol. The van der Waals surface area contributed by atoms with Gasteiger partial charge in [-0.3, -0.25) is 4.21 Å². The van der Waals surface area contributed by atoms with E-state index in [0.717, 1.165) is 11.3 Å². The number of rotatable bonds is 2. The fourth-order valence-electron chi connectivity index (χ4n) is 2.16. The highest BCUT2D eigenvalue weighted by molar-refractivity contribution is 7.85. The summed E-state index contributed by atoms with van der Waals surface area (Å²) in [4.78, 5) is 0.992. The molecule has 0 aromatic heterocycles. The van der Waals surface area contributed by atoms with E-state index >= 15 is 0 Å². The van der Waals surface area contributed by atoms with Crippen LogP contribution in [0.2, 0.25) is 0 Å². The minimum Gasteiger partial charge on any atom is -0.254 e. The fourth-order valence-corrected chi connectivity index (χ4v) is 3.87. The second kappa shape index (κ2) is 4.26. The Morgan fingerprint density at radius 1 is 1.21 bits per heavy atom. The molecule has 2 heteroatoms. The lowest BCUT2D eigenvalue weighted by atomic mass is 10.1. The molecule has 1 saturated carbocycles. The highest BCUT2D eigenvalue weighted by Crippen LogP contribution is 2.31. The summed E-state index contributed by atoms with van der Waals surface area (Å²) in [7, 11) is -0.789. The van der Waals surface area contributed by atoms with Crippen molar-refractivity contribution < 1.29 is 4.21 Å². The van der Waals surface area contributed by atoms with Crippen LogP contribution in [-0.2, 0) is 10.8 Å². The normalized spacial score (nSPS) is 28.9. The van der Waals surface area contributed by atoms with Crippen molar-refractivity contribution in [2.45, 2.75) is 36.3 Å². The molecule has 76 valence electrons. The largest absolute Gasteiger partial charge is 0.254 e. The van der Waals surface area contributed by atoms with Gasteiger partial charge < -0.3 is 0 Å². The SMILES string of the molecule is C[C@@H]1CCC[C@H]1S(=O)c1ccccc1. The third-order valence-corrected chi connectivity index (χ3v) is 5.02. The molecule has 0 amide bonds. The fraction of sp³-hybridized carbons (Fsp3) is 0.500. The third-order valence-electron chi connectivity index (χ3n) is 3.03. The van der Waals surface area contributed by atoms with E-state index < -0.39 is 10.8 Å². The monoisotopic (exact) mass is 208 g/mol. The van der Waals surface area contributed by atoms with Crippen LogP contribution in [0.5, 0.6) is 0 Å². The second-order valence-electron chi connectivity index (χ2n) is 4.06. The topological polar surface area (TPSA) is 17.1 Å². The Kier molecular flexibility index (Phi) is 3.02. The van der Waals surface area contributed by atoms with Gasteiger partial charge in [-0.2, -0.15) is 0 Å². The number of benzene rings is 1. The average Bonchev–Trinajstić information content (AvgIpc) is 2.65. The van der Waals surface area contributed by atoms with Gasteiger partial charge in [0, 0.05) is 10.1 Å². The number of hydrogen-bond acceptors (Lipinski definition) is 1. The summed E-state index contributed by atoms with van der Waals surface area (Å²) < 4.78 is 12.2. The summed E-state index contributed by atoms with van der Waals surface area (Å²) >= 11 is 0. The van der Waals surface area contributed by atoms with Gasteiger partial charge in [0.2, 0.25) is 0 Å². The first-order valence-corrected chi connectivity index (χ1v) is 6.46. The van der Waals surface area contributed by atoms with Gasteiger partial charge in [0.05, 0.1) is 10.8 Å². The van der Waals surface area contributed by atoms with Gasteiger partial charge in [0.25, 0.3) is 0 Å². The molecule has 1 nitrogen and oxygen atoms in total. The van der Waals surface area contributed by atoms with E-state index in [1.165, 1.54) is 12.8 Å². The summed E-state index contributed by atoms with van der Waals surface area (Å²) in [6.45, 7) is 2.22. The first-order valence-electron chi connectivity index (χ1n) is 5.24. The van der Waals surface area contributed by atoms with Crippen molar-refractivity contribution in [3.8, 4) is 0 Å². The van der Waals surface area contributed by atoms with E-state index in [4.69, 9.17) is 0 Å². The molecule has 14 heavy (non-hydrogen) atoms. The lowest BCUT2D eigenvalue weighted by Crippen LogP contribution is -2.17. The Balaban J connectivity index is 2.16. The molecule has 0 bridgehead atoms. The van der Waals surface area contributed by atoms with Gasteiger partial charge >= 0.3 is 0 Å². The van der Waals surface area contributed by atoms with Gasteiger partial charge in [-0.15, -0.1) is 0 Å². The van der Waals surface area contributed by atoms with E-state index in [-0.39, 0.29) is 0 Å². The maximum absolute atomic E-state index is 12.2. The van der Waals surface area contributed by atoms with Crippen molar-refractivity contribution in [2.75, 3.05) is 0 Å². The van der Waals surface area contributed by atoms with Gasteiger partial charge in [-0.1, -0.05) is 31.5 Å². The van der Waals surface area contributed by atoms with E-state index in [0.29, 0.717) is 11.2 Å². The molecule has 0 spiro atoms. The predicted octanol–water partition coefficient (Wildman–Crippen LogP) is 2.98. The zero-order chi connectivity index (χ0) is 9.97. The van der Waals surface area contributed by atoms with Crippen molar-refractivity contribution in [2.24, 2.45) is 5.92 Å². The second-order valence-corrected chi connectivity index (χ2v) is 5.73.